The molecule has 3 atom stereocenters. The maximum absolute atomic E-state index is 13.4. The molecule has 0 saturated heterocycles. The first kappa shape index (κ1) is 41.6. The molecule has 1 aromatic rings. The number of carboxylic acid groups (broad SMARTS) is 2. The van der Waals surface area contributed by atoms with Crippen LogP contribution in [-0.2, 0) is 30.8 Å². The molecule has 0 heterocycles. The number of hydrogen-bond donors (Lipinski definition) is 5. The van der Waals surface area contributed by atoms with Crippen LogP contribution in [-0.4, -0.2) is 72.1 Å². The fourth-order valence-electron chi connectivity index (χ4n) is 5.02. The summed E-state index contributed by atoms with van der Waals surface area (Å²) in [6, 6.07) is 5.28. The zero-order chi connectivity index (χ0) is 35.1. The first-order valence-electron chi connectivity index (χ1n) is 16.6. The number of benzene rings is 1. The van der Waals surface area contributed by atoms with Crippen LogP contribution >= 0.6 is 0 Å². The van der Waals surface area contributed by atoms with E-state index in [9.17, 15) is 38.1 Å². The number of aliphatic carboxylic acids is 2. The van der Waals surface area contributed by atoms with Crippen molar-refractivity contribution in [2.24, 2.45) is 5.92 Å². The molecule has 0 radical (unpaired) electrons. The Kier molecular flexibility index (Phi) is 20.4. The van der Waals surface area contributed by atoms with Crippen molar-refractivity contribution in [3.8, 4) is 17.6 Å². The van der Waals surface area contributed by atoms with E-state index in [0.29, 0.717) is 50.0 Å². The minimum absolute atomic E-state index is 0.0749. The molecule has 264 valence electrons. The number of nitrogens with one attached hydrogen (secondary N) is 2. The van der Waals surface area contributed by atoms with E-state index in [1.165, 1.54) is 12.5 Å². The van der Waals surface area contributed by atoms with Crippen molar-refractivity contribution in [3.63, 3.8) is 0 Å². The maximum Gasteiger partial charge on any atom is 0.336 e. The second-order valence-electron chi connectivity index (χ2n) is 11.7. The lowest BCUT2D eigenvalue weighted by molar-refractivity contribution is -0.167. The molecule has 0 aliphatic rings. The third kappa shape index (κ3) is 16.8. The molecular weight excluding hydrogens is 624 g/mol. The number of carboxylic acids is 2. The third-order valence-corrected chi connectivity index (χ3v) is 9.20. The zero-order valence-corrected chi connectivity index (χ0v) is 28.9. The van der Waals surface area contributed by atoms with Crippen LogP contribution in [0.3, 0.4) is 0 Å². The Labute approximate surface area is 280 Å². The van der Waals surface area contributed by atoms with Crippen molar-refractivity contribution < 1.29 is 42.9 Å². The van der Waals surface area contributed by atoms with Gasteiger partial charge in [0.1, 0.15) is 18.4 Å². The quantitative estimate of drug-likeness (QED) is 0.0521. The maximum atomic E-state index is 13.4. The van der Waals surface area contributed by atoms with Crippen LogP contribution in [0.5, 0.6) is 5.75 Å². The molecular formula is C35H54N2O9S. The summed E-state index contributed by atoms with van der Waals surface area (Å²) in [5, 5.41) is 33.2. The Bertz CT molecular complexity index is 1290. The summed E-state index contributed by atoms with van der Waals surface area (Å²) in [4.78, 5) is 37.6. The summed E-state index contributed by atoms with van der Waals surface area (Å²) in [5.41, 5.74) is -1.84. The van der Waals surface area contributed by atoms with E-state index in [2.05, 4.69) is 28.8 Å². The van der Waals surface area contributed by atoms with Gasteiger partial charge in [0.25, 0.3) is 0 Å². The number of unbranched alkanes of at least 4 members (excludes halogenated alkanes) is 8. The highest BCUT2D eigenvalue weighted by Crippen LogP contribution is 2.27. The van der Waals surface area contributed by atoms with Crippen LogP contribution in [0, 0.1) is 17.8 Å². The molecule has 0 unspecified atom stereocenters. The van der Waals surface area contributed by atoms with E-state index in [1.54, 1.807) is 44.2 Å². The minimum Gasteiger partial charge on any atom is -0.481 e. The number of sulfonamides is 1. The average Bonchev–Trinajstić information content (AvgIpc) is 3.02. The largest absolute Gasteiger partial charge is 0.481 e. The number of aliphatic hydroxyl groups is 1. The van der Waals surface area contributed by atoms with Gasteiger partial charge in [-0.2, -0.15) is 0 Å². The van der Waals surface area contributed by atoms with E-state index >= 15 is 0 Å². The number of allylic oxidation sites excluding steroid dienone is 1. The van der Waals surface area contributed by atoms with Crippen molar-refractivity contribution in [1.82, 2.24) is 10.0 Å². The Morgan fingerprint density at radius 1 is 0.957 bits per heavy atom. The Morgan fingerprint density at radius 2 is 1.62 bits per heavy atom. The lowest BCUT2D eigenvalue weighted by Gasteiger charge is -2.30. The van der Waals surface area contributed by atoms with E-state index < -0.39 is 45.4 Å². The van der Waals surface area contributed by atoms with E-state index in [-0.39, 0.29) is 31.6 Å². The predicted octanol–water partition coefficient (Wildman–Crippen LogP) is 4.83. The Morgan fingerprint density at radius 3 is 2.23 bits per heavy atom. The van der Waals surface area contributed by atoms with Crippen LogP contribution in [0.25, 0.3) is 0 Å². The second-order valence-corrected chi connectivity index (χ2v) is 13.6. The van der Waals surface area contributed by atoms with Crippen LogP contribution in [0.1, 0.15) is 103 Å². The molecule has 11 nitrogen and oxygen atoms in total. The smallest absolute Gasteiger partial charge is 0.336 e. The molecule has 47 heavy (non-hydrogen) atoms. The molecule has 0 bridgehead atoms. The number of hydrogen-bond acceptors (Lipinski definition) is 7. The van der Waals surface area contributed by atoms with E-state index in [1.807, 2.05) is 0 Å². The number of ether oxygens (including phenoxy) is 1. The topological polar surface area (TPSA) is 179 Å². The monoisotopic (exact) mass is 678 g/mol. The summed E-state index contributed by atoms with van der Waals surface area (Å²) in [5.74, 6) is 0.834. The molecule has 12 heteroatoms. The highest BCUT2D eigenvalue weighted by molar-refractivity contribution is 7.89. The van der Waals surface area contributed by atoms with Gasteiger partial charge in [-0.15, -0.1) is 5.92 Å². The second kappa shape index (κ2) is 23.0. The fourth-order valence-corrected chi connectivity index (χ4v) is 6.20. The van der Waals surface area contributed by atoms with Crippen LogP contribution in [0.4, 0.5) is 0 Å². The first-order valence-corrected chi connectivity index (χ1v) is 18.3. The molecule has 1 amide bonds. The third-order valence-electron chi connectivity index (χ3n) is 7.73. The molecule has 0 saturated carbocycles. The van der Waals surface area contributed by atoms with Gasteiger partial charge in [0.2, 0.25) is 15.9 Å². The highest BCUT2D eigenvalue weighted by Gasteiger charge is 2.46. The van der Waals surface area contributed by atoms with Gasteiger partial charge >= 0.3 is 11.9 Å². The molecule has 0 aliphatic heterocycles. The fraction of sp³-hybridized carbons (Fsp3) is 0.629. The van der Waals surface area contributed by atoms with Gasteiger partial charge in [-0.3, -0.25) is 4.79 Å². The predicted molar refractivity (Wildman–Crippen MR) is 182 cm³/mol. The van der Waals surface area contributed by atoms with Crippen molar-refractivity contribution in [1.29, 1.82) is 0 Å². The molecule has 0 spiro atoms. The summed E-state index contributed by atoms with van der Waals surface area (Å²) in [7, 11) is -3.31. The van der Waals surface area contributed by atoms with Crippen LogP contribution < -0.4 is 14.8 Å². The van der Waals surface area contributed by atoms with Crippen molar-refractivity contribution >= 4 is 27.9 Å². The molecule has 1 rings (SSSR count). The number of amides is 1. The summed E-state index contributed by atoms with van der Waals surface area (Å²) in [6.07, 6.45) is 11.3. The van der Waals surface area contributed by atoms with Gasteiger partial charge in [-0.1, -0.05) is 89.0 Å². The lowest BCUT2D eigenvalue weighted by Crippen LogP contribution is -2.54. The average molecular weight is 679 g/mol. The zero-order valence-electron chi connectivity index (χ0n) is 28.1. The number of carbonyl (C=O) groups excluding carboxylic acids is 1. The summed E-state index contributed by atoms with van der Waals surface area (Å²) < 4.78 is 32.5. The Balaban J connectivity index is 2.76. The molecule has 1 aromatic carbocycles. The van der Waals surface area contributed by atoms with E-state index in [0.717, 1.165) is 25.7 Å². The van der Waals surface area contributed by atoms with Gasteiger partial charge in [-0.25, -0.2) is 22.7 Å². The van der Waals surface area contributed by atoms with Crippen LogP contribution in [0.15, 0.2) is 36.4 Å². The van der Waals surface area contributed by atoms with Gasteiger partial charge < -0.3 is 25.4 Å². The normalized spacial score (nSPS) is 14.0. The summed E-state index contributed by atoms with van der Waals surface area (Å²) in [6.45, 7) is 6.04. The molecule has 0 aliphatic carbocycles. The number of carbonyl (C=O) groups is 3. The van der Waals surface area contributed by atoms with Gasteiger partial charge in [0, 0.05) is 13.0 Å². The highest BCUT2D eigenvalue weighted by atomic mass is 32.2. The summed E-state index contributed by atoms with van der Waals surface area (Å²) >= 11 is 0. The molecule has 0 fully saturated rings. The standard InChI is InChI=1S/C35H54N2O9S/c1-4-7-9-10-14-17-26-47(44,45)36-24-16-13-11-12-15-18-30(35(43,23-6-3)34(41)42)32(38)37-31(33(39)40)27-28-19-21-29(22-20-28)46-25-8-5-2/h15,18-22,30-31,36,43H,4,6-7,9-14,16-17,23-27H2,1-3H3,(H,37,38)(H,39,40)(H,41,42)/b18-15+/t30-,31+,35+/m1/s1. The van der Waals surface area contributed by atoms with E-state index in [4.69, 9.17) is 4.74 Å². The van der Waals surface area contributed by atoms with Gasteiger partial charge in [0.05, 0.1) is 11.7 Å². The lowest BCUT2D eigenvalue weighted by atomic mass is 9.82. The van der Waals surface area contributed by atoms with Crippen LogP contribution in [0.2, 0.25) is 0 Å². The van der Waals surface area contributed by atoms with Gasteiger partial charge in [-0.05, 0) is 56.7 Å². The number of rotatable bonds is 26. The SMILES string of the molecule is CC#CCOc1ccc(C[C@H](NC(=O)[C@@H](/C=C/CCCCCNS(=O)(=O)CCCCCCCC)[C@@](O)(CCC)C(=O)O)C(=O)O)cc1. The Hall–Kier alpha value is -3.40. The van der Waals surface area contributed by atoms with Crippen molar-refractivity contribution in [3.05, 3.63) is 42.0 Å². The molecule has 5 N–H and O–H groups in total. The van der Waals surface area contributed by atoms with Gasteiger partial charge in [0.15, 0.2) is 5.60 Å². The van der Waals surface area contributed by atoms with Crippen molar-refractivity contribution in [2.75, 3.05) is 18.9 Å². The van der Waals surface area contributed by atoms with Crippen molar-refractivity contribution in [2.45, 2.75) is 116 Å². The minimum atomic E-state index is -3.31. The first-order chi connectivity index (χ1) is 22.4. The molecule has 0 aromatic heterocycles.